The first-order chi connectivity index (χ1) is 14.2. The van der Waals surface area contributed by atoms with Gasteiger partial charge in [-0.25, -0.2) is 0 Å². The van der Waals surface area contributed by atoms with Crippen LogP contribution >= 0.6 is 11.6 Å². The Morgan fingerprint density at radius 3 is 2.57 bits per heavy atom. The molecule has 3 heteroatoms. The van der Waals surface area contributed by atoms with Crippen LogP contribution in [0.1, 0.15) is 98.3 Å². The Kier molecular flexibility index (Phi) is 6.71. The van der Waals surface area contributed by atoms with Gasteiger partial charge in [-0.2, -0.15) is 0 Å². The van der Waals surface area contributed by atoms with Crippen molar-refractivity contribution >= 4 is 11.6 Å². The summed E-state index contributed by atoms with van der Waals surface area (Å²) in [5.41, 5.74) is 1.70. The first-order valence-electron chi connectivity index (χ1n) is 12.9. The Labute approximate surface area is 189 Å². The Morgan fingerprint density at radius 1 is 1.07 bits per heavy atom. The maximum Gasteiger partial charge on any atom is 0.0687 e. The molecule has 30 heavy (non-hydrogen) atoms. The van der Waals surface area contributed by atoms with Crippen LogP contribution in [-0.4, -0.2) is 27.3 Å². The Morgan fingerprint density at radius 2 is 1.83 bits per heavy atom. The summed E-state index contributed by atoms with van der Waals surface area (Å²) in [6.45, 7) is 9.43. The minimum Gasteiger partial charge on any atom is -0.393 e. The van der Waals surface area contributed by atoms with E-state index < -0.39 is 0 Å². The number of aliphatic hydroxyl groups is 2. The number of halogens is 1. The third kappa shape index (κ3) is 3.92. The fraction of sp³-hybridized carbons (Fsp3) is 0.926. The van der Waals surface area contributed by atoms with Crippen LogP contribution in [0.25, 0.3) is 0 Å². The van der Waals surface area contributed by atoms with Gasteiger partial charge in [0.1, 0.15) is 0 Å². The predicted octanol–water partition coefficient (Wildman–Crippen LogP) is 6.72. The highest BCUT2D eigenvalue weighted by Gasteiger charge is 2.60. The lowest BCUT2D eigenvalue weighted by molar-refractivity contribution is -0.0429. The average molecular weight is 437 g/mol. The second-order valence-corrected chi connectivity index (χ2v) is 12.8. The summed E-state index contributed by atoms with van der Waals surface area (Å²) >= 11 is 7.36. The smallest absolute Gasteiger partial charge is 0.0687 e. The molecule has 7 unspecified atom stereocenters. The van der Waals surface area contributed by atoms with Crippen LogP contribution in [0, 0.1) is 40.9 Å². The van der Waals surface area contributed by atoms with E-state index in [4.69, 9.17) is 11.6 Å². The van der Waals surface area contributed by atoms with Gasteiger partial charge in [0.25, 0.3) is 0 Å². The second-order valence-electron chi connectivity index (χ2n) is 12.1. The van der Waals surface area contributed by atoms with E-state index in [0.717, 1.165) is 50.4 Å². The maximum atomic E-state index is 11.0. The molecule has 4 aliphatic rings. The molecule has 0 aromatic rings. The van der Waals surface area contributed by atoms with Crippen molar-refractivity contribution < 1.29 is 10.2 Å². The Hall–Kier alpha value is -0.0500. The zero-order valence-electron chi connectivity index (χ0n) is 19.7. The van der Waals surface area contributed by atoms with Crippen molar-refractivity contribution in [2.24, 2.45) is 40.9 Å². The van der Waals surface area contributed by atoms with Gasteiger partial charge in [-0.05, 0) is 98.7 Å². The maximum absolute atomic E-state index is 11.0. The van der Waals surface area contributed by atoms with Gasteiger partial charge >= 0.3 is 0 Å². The lowest BCUT2D eigenvalue weighted by Crippen LogP contribution is -2.53. The Bertz CT molecular complexity index is 645. The average Bonchev–Trinajstić information content (AvgIpc) is 3.04. The molecule has 0 spiro atoms. The molecule has 0 radical (unpaired) electrons. The molecule has 0 aromatic carbocycles. The summed E-state index contributed by atoms with van der Waals surface area (Å²) in [4.78, 5) is -0.191. The standard InChI is InChI=1S/C27H45ClO2/c1-17(2)6-5-7-25(30)18(3)22-10-11-23-21-9-8-19-16-20(29)12-15-27(19,28)24(21)13-14-26(22,23)4/h8,17-18,20-25,29-30H,5-7,9-16H2,1-4H3/t18-,20?,21?,22?,23?,24?,25-,26?,27?/m0/s1. The summed E-state index contributed by atoms with van der Waals surface area (Å²) in [5, 5.41) is 21.2. The molecule has 172 valence electrons. The molecule has 0 bridgehead atoms. The predicted molar refractivity (Wildman–Crippen MR) is 126 cm³/mol. The lowest BCUT2D eigenvalue weighted by Gasteiger charge is -2.57. The molecule has 2 N–H and O–H groups in total. The number of hydrogen-bond donors (Lipinski definition) is 2. The highest BCUT2D eigenvalue weighted by atomic mass is 35.5. The monoisotopic (exact) mass is 436 g/mol. The van der Waals surface area contributed by atoms with Gasteiger partial charge in [-0.3, -0.25) is 0 Å². The van der Waals surface area contributed by atoms with Crippen molar-refractivity contribution in [1.82, 2.24) is 0 Å². The molecule has 0 saturated heterocycles. The molecular weight excluding hydrogens is 392 g/mol. The highest BCUT2D eigenvalue weighted by molar-refractivity contribution is 6.26. The van der Waals surface area contributed by atoms with Crippen molar-refractivity contribution in [1.29, 1.82) is 0 Å². The molecule has 2 nitrogen and oxygen atoms in total. The first-order valence-corrected chi connectivity index (χ1v) is 13.3. The minimum absolute atomic E-state index is 0.154. The van der Waals surface area contributed by atoms with E-state index in [1.165, 1.54) is 37.7 Å². The fourth-order valence-electron chi connectivity index (χ4n) is 8.37. The van der Waals surface area contributed by atoms with E-state index in [9.17, 15) is 10.2 Å². The molecule has 0 aromatic heterocycles. The van der Waals surface area contributed by atoms with Gasteiger partial charge in [0.15, 0.2) is 0 Å². The van der Waals surface area contributed by atoms with Crippen molar-refractivity contribution in [3.05, 3.63) is 11.6 Å². The van der Waals surface area contributed by atoms with E-state index in [0.29, 0.717) is 29.1 Å². The van der Waals surface area contributed by atoms with Crippen LogP contribution < -0.4 is 0 Å². The van der Waals surface area contributed by atoms with Crippen LogP contribution in [-0.2, 0) is 0 Å². The number of rotatable bonds is 6. The molecule has 0 amide bonds. The fourth-order valence-corrected chi connectivity index (χ4v) is 8.91. The Balaban J connectivity index is 1.47. The van der Waals surface area contributed by atoms with E-state index in [-0.39, 0.29) is 17.1 Å². The second kappa shape index (κ2) is 8.71. The zero-order chi connectivity index (χ0) is 21.7. The summed E-state index contributed by atoms with van der Waals surface area (Å²) in [5.74, 6) is 3.77. The van der Waals surface area contributed by atoms with Crippen molar-refractivity contribution in [2.75, 3.05) is 0 Å². The molecular formula is C27H45ClO2. The molecule has 4 rings (SSSR count). The summed E-state index contributed by atoms with van der Waals surface area (Å²) in [6, 6.07) is 0. The zero-order valence-corrected chi connectivity index (χ0v) is 20.5. The molecule has 0 aliphatic heterocycles. The number of aliphatic hydroxyl groups excluding tert-OH is 2. The number of hydrogen-bond acceptors (Lipinski definition) is 2. The largest absolute Gasteiger partial charge is 0.393 e. The molecule has 3 fully saturated rings. The van der Waals surface area contributed by atoms with Crippen LogP contribution in [0.5, 0.6) is 0 Å². The molecule has 0 heterocycles. The van der Waals surface area contributed by atoms with Crippen LogP contribution in [0.15, 0.2) is 11.6 Å². The van der Waals surface area contributed by atoms with Gasteiger partial charge in [-0.1, -0.05) is 52.2 Å². The van der Waals surface area contributed by atoms with Gasteiger partial charge in [0, 0.05) is 0 Å². The number of allylic oxidation sites excluding steroid dienone is 1. The number of alkyl halides is 1. The summed E-state index contributed by atoms with van der Waals surface area (Å²) < 4.78 is 0. The molecule has 4 aliphatic carbocycles. The van der Waals surface area contributed by atoms with Crippen molar-refractivity contribution in [3.8, 4) is 0 Å². The van der Waals surface area contributed by atoms with Crippen LogP contribution in [0.4, 0.5) is 0 Å². The number of fused-ring (bicyclic) bond motifs is 5. The topological polar surface area (TPSA) is 40.5 Å². The van der Waals surface area contributed by atoms with Crippen molar-refractivity contribution in [2.45, 2.75) is 115 Å². The normalized spacial score (nSPS) is 45.3. The minimum atomic E-state index is -0.192. The van der Waals surface area contributed by atoms with Gasteiger partial charge in [-0.15, -0.1) is 11.6 Å². The van der Waals surface area contributed by atoms with Crippen LogP contribution in [0.3, 0.4) is 0 Å². The lowest BCUT2D eigenvalue weighted by atomic mass is 9.50. The third-order valence-electron chi connectivity index (χ3n) is 10.1. The SMILES string of the molecule is CC(C)CCC[C@H](O)[C@@H](C)C1CCC2C3CC=C4CC(O)CCC4(Cl)C3CCC21C. The molecule has 3 saturated carbocycles. The highest BCUT2D eigenvalue weighted by Crippen LogP contribution is 2.66. The molecule has 9 atom stereocenters. The van der Waals surface area contributed by atoms with E-state index in [1.54, 1.807) is 0 Å². The van der Waals surface area contributed by atoms with E-state index in [1.807, 2.05) is 0 Å². The van der Waals surface area contributed by atoms with Gasteiger partial charge < -0.3 is 10.2 Å². The quantitative estimate of drug-likeness (QED) is 0.358. The summed E-state index contributed by atoms with van der Waals surface area (Å²) in [6.07, 6.45) is 14.2. The van der Waals surface area contributed by atoms with E-state index >= 15 is 0 Å². The van der Waals surface area contributed by atoms with Gasteiger partial charge in [0.2, 0.25) is 0 Å². The van der Waals surface area contributed by atoms with Gasteiger partial charge in [0.05, 0.1) is 17.1 Å². The van der Waals surface area contributed by atoms with Crippen molar-refractivity contribution in [3.63, 3.8) is 0 Å². The first kappa shape index (κ1) is 23.1. The summed E-state index contributed by atoms with van der Waals surface area (Å²) in [7, 11) is 0. The van der Waals surface area contributed by atoms with E-state index in [2.05, 4.69) is 33.8 Å². The van der Waals surface area contributed by atoms with Crippen LogP contribution in [0.2, 0.25) is 0 Å². The third-order valence-corrected chi connectivity index (χ3v) is 10.8.